The zero-order valence-electron chi connectivity index (χ0n) is 16.1. The first-order valence-corrected chi connectivity index (χ1v) is 9.62. The molecule has 0 unspecified atom stereocenters. The average molecular weight is 434 g/mol. The number of alkyl halides is 3. The monoisotopic (exact) mass is 434 g/mol. The molecule has 3 rings (SSSR count). The molecule has 0 N–H and O–H groups in total. The number of halogens is 3. The summed E-state index contributed by atoms with van der Waals surface area (Å²) in [6, 6.07) is 13.4. The Morgan fingerprint density at radius 3 is 2.30 bits per heavy atom. The van der Waals surface area contributed by atoms with E-state index < -0.39 is 30.2 Å². The number of benzene rings is 2. The Morgan fingerprint density at radius 1 is 1.07 bits per heavy atom. The van der Waals surface area contributed by atoms with Gasteiger partial charge in [0.15, 0.2) is 6.61 Å². The first-order chi connectivity index (χ1) is 14.2. The molecule has 0 atom stereocenters. The first kappa shape index (κ1) is 21.5. The SMILES string of the molecule is Cc1nc(-c2ccc(C(F)(F)F)cc2)sc1C(=O)OCC(=O)N(C)c1ccccc1. The molecule has 0 bridgehead atoms. The van der Waals surface area contributed by atoms with Gasteiger partial charge in [0.25, 0.3) is 5.91 Å². The molecule has 0 aliphatic rings. The summed E-state index contributed by atoms with van der Waals surface area (Å²) in [6.45, 7) is 1.15. The van der Waals surface area contributed by atoms with Gasteiger partial charge in [-0.2, -0.15) is 13.2 Å². The Morgan fingerprint density at radius 2 is 1.70 bits per heavy atom. The molecular weight excluding hydrogens is 417 g/mol. The van der Waals surface area contributed by atoms with Crippen LogP contribution in [0.1, 0.15) is 20.9 Å². The number of thiazole rings is 1. The molecule has 0 aliphatic heterocycles. The van der Waals surface area contributed by atoms with E-state index in [0.717, 1.165) is 23.5 Å². The summed E-state index contributed by atoms with van der Waals surface area (Å²) < 4.78 is 43.2. The van der Waals surface area contributed by atoms with Gasteiger partial charge in [0.1, 0.15) is 9.88 Å². The third kappa shape index (κ3) is 4.85. The van der Waals surface area contributed by atoms with E-state index in [1.54, 1.807) is 38.2 Å². The van der Waals surface area contributed by atoms with Crippen LogP contribution in [0.4, 0.5) is 18.9 Å². The number of likely N-dealkylation sites (N-methyl/N-ethyl adjacent to an activating group) is 1. The van der Waals surface area contributed by atoms with Crippen LogP contribution < -0.4 is 4.90 Å². The number of nitrogens with zero attached hydrogens (tertiary/aromatic N) is 2. The normalized spacial score (nSPS) is 11.2. The number of aromatic nitrogens is 1. The second-order valence-electron chi connectivity index (χ2n) is 6.37. The molecule has 3 aromatic rings. The van der Waals surface area contributed by atoms with Crippen LogP contribution in [0.3, 0.4) is 0 Å². The lowest BCUT2D eigenvalue weighted by Gasteiger charge is -2.16. The van der Waals surface area contributed by atoms with E-state index in [1.165, 1.54) is 17.0 Å². The molecule has 0 saturated carbocycles. The molecule has 1 amide bonds. The van der Waals surface area contributed by atoms with Crippen molar-refractivity contribution in [2.24, 2.45) is 0 Å². The molecule has 0 aliphatic carbocycles. The van der Waals surface area contributed by atoms with Crippen molar-refractivity contribution in [2.45, 2.75) is 13.1 Å². The van der Waals surface area contributed by atoms with Crippen molar-refractivity contribution < 1.29 is 27.5 Å². The lowest BCUT2D eigenvalue weighted by Crippen LogP contribution is -2.31. The highest BCUT2D eigenvalue weighted by molar-refractivity contribution is 7.17. The van der Waals surface area contributed by atoms with Gasteiger partial charge >= 0.3 is 12.1 Å². The van der Waals surface area contributed by atoms with Crippen molar-refractivity contribution in [2.75, 3.05) is 18.6 Å². The molecule has 1 heterocycles. The van der Waals surface area contributed by atoms with Crippen molar-refractivity contribution in [3.8, 4) is 10.6 Å². The molecule has 0 saturated heterocycles. The summed E-state index contributed by atoms with van der Waals surface area (Å²) in [5.41, 5.74) is 0.733. The summed E-state index contributed by atoms with van der Waals surface area (Å²) in [6.07, 6.45) is -4.42. The zero-order valence-corrected chi connectivity index (χ0v) is 16.9. The zero-order chi connectivity index (χ0) is 21.9. The van der Waals surface area contributed by atoms with E-state index in [-0.39, 0.29) is 4.88 Å². The van der Waals surface area contributed by atoms with E-state index in [9.17, 15) is 22.8 Å². The summed E-state index contributed by atoms with van der Waals surface area (Å²) in [7, 11) is 1.58. The maximum atomic E-state index is 12.7. The van der Waals surface area contributed by atoms with Crippen LogP contribution in [0.15, 0.2) is 54.6 Å². The highest BCUT2D eigenvalue weighted by Crippen LogP contribution is 2.33. The van der Waals surface area contributed by atoms with Crippen LogP contribution in [0, 0.1) is 6.92 Å². The van der Waals surface area contributed by atoms with Crippen LogP contribution in [0.2, 0.25) is 0 Å². The smallest absolute Gasteiger partial charge is 0.416 e. The van der Waals surface area contributed by atoms with Gasteiger partial charge in [-0.15, -0.1) is 11.3 Å². The Bertz CT molecular complexity index is 1050. The molecule has 0 fully saturated rings. The fraction of sp³-hybridized carbons (Fsp3) is 0.190. The number of aryl methyl sites for hydroxylation is 1. The molecule has 0 radical (unpaired) electrons. The van der Waals surface area contributed by atoms with E-state index in [4.69, 9.17) is 4.74 Å². The lowest BCUT2D eigenvalue weighted by atomic mass is 10.1. The van der Waals surface area contributed by atoms with E-state index >= 15 is 0 Å². The Labute approximate surface area is 174 Å². The van der Waals surface area contributed by atoms with Gasteiger partial charge in [0.2, 0.25) is 0 Å². The predicted octanol–water partition coefficient (Wildman–Crippen LogP) is 4.96. The molecule has 2 aromatic carbocycles. The number of esters is 1. The van der Waals surface area contributed by atoms with Crippen molar-refractivity contribution in [3.05, 3.63) is 70.7 Å². The molecule has 30 heavy (non-hydrogen) atoms. The number of ether oxygens (including phenoxy) is 1. The van der Waals surface area contributed by atoms with Gasteiger partial charge in [0, 0.05) is 18.3 Å². The van der Waals surface area contributed by atoms with Gasteiger partial charge in [0.05, 0.1) is 11.3 Å². The minimum Gasteiger partial charge on any atom is -0.451 e. The molecule has 156 valence electrons. The summed E-state index contributed by atoms with van der Waals surface area (Å²) in [5.74, 6) is -1.11. The van der Waals surface area contributed by atoms with Gasteiger partial charge in [-0.05, 0) is 31.2 Å². The number of hydrogen-bond donors (Lipinski definition) is 0. The largest absolute Gasteiger partial charge is 0.451 e. The standard InChI is InChI=1S/C21H17F3N2O3S/c1-13-18(20(28)29-12-17(27)26(2)16-6-4-3-5-7-16)30-19(25-13)14-8-10-15(11-9-14)21(22,23)24/h3-11H,12H2,1-2H3. The summed E-state index contributed by atoms with van der Waals surface area (Å²) in [5, 5.41) is 0.390. The van der Waals surface area contributed by atoms with Crippen molar-refractivity contribution in [1.29, 1.82) is 0 Å². The number of para-hydroxylation sites is 1. The fourth-order valence-electron chi connectivity index (χ4n) is 2.60. The molecule has 1 aromatic heterocycles. The van der Waals surface area contributed by atoms with Crippen molar-refractivity contribution in [3.63, 3.8) is 0 Å². The fourth-order valence-corrected chi connectivity index (χ4v) is 3.56. The van der Waals surface area contributed by atoms with Gasteiger partial charge in [-0.3, -0.25) is 4.79 Å². The minimum atomic E-state index is -4.42. The van der Waals surface area contributed by atoms with Crippen LogP contribution >= 0.6 is 11.3 Å². The van der Waals surface area contributed by atoms with E-state index in [2.05, 4.69) is 4.98 Å². The maximum Gasteiger partial charge on any atom is 0.416 e. The molecule has 0 spiro atoms. The summed E-state index contributed by atoms with van der Waals surface area (Å²) in [4.78, 5) is 30.5. The quantitative estimate of drug-likeness (QED) is 0.533. The molecular formula is C21H17F3N2O3S. The second-order valence-corrected chi connectivity index (χ2v) is 7.37. The Balaban J connectivity index is 1.67. The van der Waals surface area contributed by atoms with Gasteiger partial charge in [-0.1, -0.05) is 30.3 Å². The van der Waals surface area contributed by atoms with Crippen LogP contribution in [-0.4, -0.2) is 30.5 Å². The number of carbonyl (C=O) groups excluding carboxylic acids is 2. The maximum absolute atomic E-state index is 12.7. The van der Waals surface area contributed by atoms with Crippen molar-refractivity contribution in [1.82, 2.24) is 4.98 Å². The predicted molar refractivity (Wildman–Crippen MR) is 107 cm³/mol. The number of hydrogen-bond acceptors (Lipinski definition) is 5. The third-order valence-electron chi connectivity index (χ3n) is 4.29. The van der Waals surface area contributed by atoms with E-state index in [0.29, 0.717) is 22.0 Å². The number of amides is 1. The Kier molecular flexibility index (Phi) is 6.21. The second kappa shape index (κ2) is 8.66. The number of anilines is 1. The van der Waals surface area contributed by atoms with Crippen LogP contribution in [-0.2, 0) is 15.7 Å². The highest BCUT2D eigenvalue weighted by Gasteiger charge is 2.30. The van der Waals surface area contributed by atoms with Crippen LogP contribution in [0.25, 0.3) is 10.6 Å². The minimum absolute atomic E-state index is 0.195. The number of carbonyl (C=O) groups is 2. The topological polar surface area (TPSA) is 59.5 Å². The lowest BCUT2D eigenvalue weighted by molar-refractivity contribution is -0.137. The first-order valence-electron chi connectivity index (χ1n) is 8.80. The number of rotatable bonds is 5. The summed E-state index contributed by atoms with van der Waals surface area (Å²) >= 11 is 0.999. The average Bonchev–Trinajstić information content (AvgIpc) is 3.13. The molecule has 5 nitrogen and oxygen atoms in total. The van der Waals surface area contributed by atoms with Gasteiger partial charge in [-0.25, -0.2) is 9.78 Å². The van der Waals surface area contributed by atoms with Crippen molar-refractivity contribution >= 4 is 28.9 Å². The van der Waals surface area contributed by atoms with Gasteiger partial charge < -0.3 is 9.64 Å². The van der Waals surface area contributed by atoms with E-state index in [1.807, 2.05) is 6.07 Å². The third-order valence-corrected chi connectivity index (χ3v) is 5.47. The van der Waals surface area contributed by atoms with Crippen LogP contribution in [0.5, 0.6) is 0 Å². The Hall–Kier alpha value is -3.20. The highest BCUT2D eigenvalue weighted by atomic mass is 32.1. The molecule has 9 heteroatoms.